The fourth-order valence-corrected chi connectivity index (χ4v) is 1.95. The number of nitrogens with one attached hydrogen (secondary N) is 1. The highest BCUT2D eigenvalue weighted by Gasteiger charge is 2.09. The molecule has 0 atom stereocenters. The number of benzene rings is 2. The highest BCUT2D eigenvalue weighted by molar-refractivity contribution is 6.32. The highest BCUT2D eigenvalue weighted by Crippen LogP contribution is 2.27. The SMILES string of the molecule is COc1cc(NC(=O)c2ccc(N)c(C)c2)ccc1Cl. The third-order valence-electron chi connectivity index (χ3n) is 2.94. The minimum absolute atomic E-state index is 0.211. The van der Waals surface area contributed by atoms with Crippen molar-refractivity contribution in [1.29, 1.82) is 0 Å². The molecule has 0 radical (unpaired) electrons. The van der Waals surface area contributed by atoms with E-state index in [9.17, 15) is 4.79 Å². The van der Waals surface area contributed by atoms with E-state index in [1.807, 2.05) is 6.92 Å². The molecule has 0 heterocycles. The van der Waals surface area contributed by atoms with Gasteiger partial charge >= 0.3 is 0 Å². The average molecular weight is 291 g/mol. The summed E-state index contributed by atoms with van der Waals surface area (Å²) in [5.74, 6) is 0.301. The predicted molar refractivity (Wildman–Crippen MR) is 81.5 cm³/mol. The molecule has 0 fully saturated rings. The fourth-order valence-electron chi connectivity index (χ4n) is 1.76. The molecule has 0 aliphatic carbocycles. The van der Waals surface area contributed by atoms with Crippen molar-refractivity contribution in [2.24, 2.45) is 0 Å². The first kappa shape index (κ1) is 14.2. The second-order valence-electron chi connectivity index (χ2n) is 4.37. The number of halogens is 1. The van der Waals surface area contributed by atoms with Crippen LogP contribution in [0.15, 0.2) is 36.4 Å². The van der Waals surface area contributed by atoms with Crippen molar-refractivity contribution in [1.82, 2.24) is 0 Å². The van der Waals surface area contributed by atoms with E-state index in [1.165, 1.54) is 7.11 Å². The largest absolute Gasteiger partial charge is 0.495 e. The van der Waals surface area contributed by atoms with Crippen molar-refractivity contribution >= 4 is 28.9 Å². The van der Waals surface area contributed by atoms with Crippen LogP contribution >= 0.6 is 11.6 Å². The maximum atomic E-state index is 12.1. The smallest absolute Gasteiger partial charge is 0.255 e. The number of carbonyl (C=O) groups is 1. The van der Waals surface area contributed by atoms with Crippen molar-refractivity contribution < 1.29 is 9.53 Å². The molecule has 0 spiro atoms. The summed E-state index contributed by atoms with van der Waals surface area (Å²) in [7, 11) is 1.52. The lowest BCUT2D eigenvalue weighted by atomic mass is 10.1. The lowest BCUT2D eigenvalue weighted by Gasteiger charge is -2.09. The van der Waals surface area contributed by atoms with Gasteiger partial charge < -0.3 is 15.8 Å². The molecule has 0 saturated heterocycles. The fraction of sp³-hybridized carbons (Fsp3) is 0.133. The molecule has 0 bridgehead atoms. The van der Waals surface area contributed by atoms with E-state index in [-0.39, 0.29) is 5.91 Å². The number of amides is 1. The zero-order chi connectivity index (χ0) is 14.7. The van der Waals surface area contributed by atoms with E-state index in [4.69, 9.17) is 22.1 Å². The van der Waals surface area contributed by atoms with Crippen LogP contribution in [-0.2, 0) is 0 Å². The Morgan fingerprint density at radius 2 is 2.00 bits per heavy atom. The quantitative estimate of drug-likeness (QED) is 0.851. The molecule has 5 heteroatoms. The summed E-state index contributed by atoms with van der Waals surface area (Å²) in [5.41, 5.74) is 8.43. The van der Waals surface area contributed by atoms with Gasteiger partial charge in [-0.2, -0.15) is 0 Å². The van der Waals surface area contributed by atoms with E-state index >= 15 is 0 Å². The lowest BCUT2D eigenvalue weighted by molar-refractivity contribution is 0.102. The van der Waals surface area contributed by atoms with E-state index < -0.39 is 0 Å². The van der Waals surface area contributed by atoms with Crippen molar-refractivity contribution in [2.45, 2.75) is 6.92 Å². The maximum absolute atomic E-state index is 12.1. The second-order valence-corrected chi connectivity index (χ2v) is 4.78. The summed E-state index contributed by atoms with van der Waals surface area (Å²) in [6.45, 7) is 1.86. The first-order valence-corrected chi connectivity index (χ1v) is 6.40. The molecule has 4 nitrogen and oxygen atoms in total. The zero-order valence-corrected chi connectivity index (χ0v) is 12.0. The molecule has 2 rings (SSSR count). The molecule has 0 aliphatic heterocycles. The van der Waals surface area contributed by atoms with Gasteiger partial charge in [-0.15, -0.1) is 0 Å². The number of aryl methyl sites for hydroxylation is 1. The molecule has 1 amide bonds. The summed E-state index contributed by atoms with van der Waals surface area (Å²) in [5, 5.41) is 3.28. The Kier molecular flexibility index (Phi) is 4.15. The van der Waals surface area contributed by atoms with Gasteiger partial charge in [-0.25, -0.2) is 0 Å². The third-order valence-corrected chi connectivity index (χ3v) is 3.25. The molecular weight excluding hydrogens is 276 g/mol. The number of nitrogens with two attached hydrogens (primary N) is 1. The molecule has 0 saturated carbocycles. The van der Waals surface area contributed by atoms with Crippen LogP contribution in [0.4, 0.5) is 11.4 Å². The van der Waals surface area contributed by atoms with Gasteiger partial charge in [0.2, 0.25) is 0 Å². The van der Waals surface area contributed by atoms with Crippen molar-refractivity contribution in [2.75, 3.05) is 18.2 Å². The van der Waals surface area contributed by atoms with Crippen LogP contribution in [-0.4, -0.2) is 13.0 Å². The van der Waals surface area contributed by atoms with E-state index in [1.54, 1.807) is 36.4 Å². The van der Waals surface area contributed by atoms with Crippen LogP contribution in [0.5, 0.6) is 5.75 Å². The van der Waals surface area contributed by atoms with Gasteiger partial charge in [-0.3, -0.25) is 4.79 Å². The molecule has 2 aromatic rings. The Morgan fingerprint density at radius 3 is 2.65 bits per heavy atom. The summed E-state index contributed by atoms with van der Waals surface area (Å²) in [6.07, 6.45) is 0. The van der Waals surface area contributed by atoms with Gasteiger partial charge in [0.05, 0.1) is 12.1 Å². The van der Waals surface area contributed by atoms with Crippen LogP contribution in [0.1, 0.15) is 15.9 Å². The number of methoxy groups -OCH3 is 1. The molecule has 0 aromatic heterocycles. The summed E-state index contributed by atoms with van der Waals surface area (Å²) >= 11 is 5.94. The summed E-state index contributed by atoms with van der Waals surface area (Å²) in [4.78, 5) is 12.1. The standard InChI is InChI=1S/C15H15ClN2O2/c1-9-7-10(3-6-13(9)17)15(19)18-11-4-5-12(16)14(8-11)20-2/h3-8H,17H2,1-2H3,(H,18,19). The van der Waals surface area contributed by atoms with E-state index in [0.717, 1.165) is 5.56 Å². The van der Waals surface area contributed by atoms with Gasteiger partial charge in [-0.1, -0.05) is 11.6 Å². The molecule has 3 N–H and O–H groups in total. The van der Waals surface area contributed by atoms with Crippen LogP contribution in [0.25, 0.3) is 0 Å². The third kappa shape index (κ3) is 3.03. The number of ether oxygens (including phenoxy) is 1. The number of hydrogen-bond acceptors (Lipinski definition) is 3. The number of anilines is 2. The van der Waals surface area contributed by atoms with E-state index in [0.29, 0.717) is 27.7 Å². The topological polar surface area (TPSA) is 64.3 Å². The number of rotatable bonds is 3. The zero-order valence-electron chi connectivity index (χ0n) is 11.2. The average Bonchev–Trinajstić information content (AvgIpc) is 2.43. The van der Waals surface area contributed by atoms with E-state index in [2.05, 4.69) is 5.32 Å². The number of nitrogen functional groups attached to an aromatic ring is 1. The van der Waals surface area contributed by atoms with Gasteiger partial charge in [0.1, 0.15) is 5.75 Å². The maximum Gasteiger partial charge on any atom is 0.255 e. The van der Waals surface area contributed by atoms with Crippen LogP contribution < -0.4 is 15.8 Å². The van der Waals surface area contributed by atoms with Crippen LogP contribution in [0.2, 0.25) is 5.02 Å². The summed E-state index contributed by atoms with van der Waals surface area (Å²) in [6, 6.07) is 10.2. The van der Waals surface area contributed by atoms with Gasteiger partial charge in [0.25, 0.3) is 5.91 Å². The lowest BCUT2D eigenvalue weighted by Crippen LogP contribution is -2.12. The monoisotopic (exact) mass is 290 g/mol. The van der Waals surface area contributed by atoms with Gasteiger partial charge in [0.15, 0.2) is 0 Å². The van der Waals surface area contributed by atoms with Crippen LogP contribution in [0.3, 0.4) is 0 Å². The minimum Gasteiger partial charge on any atom is -0.495 e. The van der Waals surface area contributed by atoms with Crippen molar-refractivity contribution in [3.63, 3.8) is 0 Å². The molecule has 20 heavy (non-hydrogen) atoms. The molecule has 2 aromatic carbocycles. The normalized spacial score (nSPS) is 10.2. The Hall–Kier alpha value is -2.20. The summed E-state index contributed by atoms with van der Waals surface area (Å²) < 4.78 is 5.11. The molecule has 0 aliphatic rings. The molecular formula is C15H15ClN2O2. The van der Waals surface area contributed by atoms with Crippen LogP contribution in [0, 0.1) is 6.92 Å². The first-order valence-electron chi connectivity index (χ1n) is 6.02. The second kappa shape index (κ2) is 5.84. The molecule has 0 unspecified atom stereocenters. The minimum atomic E-state index is -0.211. The number of carbonyl (C=O) groups excluding carboxylic acids is 1. The Labute approximate surface area is 122 Å². The Bertz CT molecular complexity index is 656. The van der Waals surface area contributed by atoms with Gasteiger partial charge in [0, 0.05) is 23.0 Å². The Balaban J connectivity index is 2.21. The number of hydrogen-bond donors (Lipinski definition) is 2. The predicted octanol–water partition coefficient (Wildman–Crippen LogP) is 3.49. The molecule has 104 valence electrons. The van der Waals surface area contributed by atoms with Crippen molar-refractivity contribution in [3.8, 4) is 5.75 Å². The van der Waals surface area contributed by atoms with Crippen molar-refractivity contribution in [3.05, 3.63) is 52.5 Å². The first-order chi connectivity index (χ1) is 9.51. The Morgan fingerprint density at radius 1 is 1.25 bits per heavy atom. The van der Waals surface area contributed by atoms with Gasteiger partial charge in [-0.05, 0) is 42.8 Å². The highest BCUT2D eigenvalue weighted by atomic mass is 35.5.